The standard InChI is InChI=1S/C3H9BO5.C2H7NO/c5-1-3(6)2-9-4(7)8;3-1-2-4/h3,5-8H,1-2H2;4H,1-3H2. The van der Waals surface area contributed by atoms with E-state index in [1.165, 1.54) is 0 Å². The molecule has 0 aliphatic rings. The molecule has 0 spiro atoms. The van der Waals surface area contributed by atoms with Gasteiger partial charge in [0.15, 0.2) is 0 Å². The minimum atomic E-state index is -1.88. The molecule has 80 valence electrons. The van der Waals surface area contributed by atoms with Gasteiger partial charge in [-0.1, -0.05) is 0 Å². The van der Waals surface area contributed by atoms with Crippen LogP contribution in [-0.4, -0.2) is 65.2 Å². The summed E-state index contributed by atoms with van der Waals surface area (Å²) < 4.78 is 4.10. The van der Waals surface area contributed by atoms with Crippen LogP contribution in [0.5, 0.6) is 0 Å². The van der Waals surface area contributed by atoms with Gasteiger partial charge in [-0.05, 0) is 0 Å². The smallest absolute Gasteiger partial charge is 0.402 e. The SMILES string of the molecule is NCCO.OCC(O)COB(O)O. The van der Waals surface area contributed by atoms with E-state index in [9.17, 15) is 0 Å². The highest BCUT2D eigenvalue weighted by Gasteiger charge is 2.10. The van der Waals surface area contributed by atoms with Crippen molar-refractivity contribution in [2.45, 2.75) is 6.10 Å². The maximum Gasteiger partial charge on any atom is 0.633 e. The molecule has 1 atom stereocenters. The highest BCUT2D eigenvalue weighted by Crippen LogP contribution is 1.82. The van der Waals surface area contributed by atoms with E-state index in [1.807, 2.05) is 0 Å². The molecule has 0 bridgehead atoms. The lowest BCUT2D eigenvalue weighted by atomic mass is 10.2. The van der Waals surface area contributed by atoms with Gasteiger partial charge < -0.3 is 35.8 Å². The Morgan fingerprint density at radius 1 is 1.31 bits per heavy atom. The highest BCUT2D eigenvalue weighted by molar-refractivity contribution is 6.32. The second-order valence-electron chi connectivity index (χ2n) is 2.01. The fourth-order valence-electron chi connectivity index (χ4n) is 0.250. The van der Waals surface area contributed by atoms with E-state index in [0.29, 0.717) is 6.54 Å². The zero-order chi connectivity index (χ0) is 10.7. The summed E-state index contributed by atoms with van der Waals surface area (Å²) in [5.74, 6) is 0. The van der Waals surface area contributed by atoms with E-state index in [2.05, 4.69) is 4.65 Å². The molecule has 0 rings (SSSR count). The number of aliphatic hydroxyl groups is 3. The van der Waals surface area contributed by atoms with E-state index >= 15 is 0 Å². The lowest BCUT2D eigenvalue weighted by Crippen LogP contribution is -2.26. The van der Waals surface area contributed by atoms with Gasteiger partial charge in [-0.25, -0.2) is 0 Å². The van der Waals surface area contributed by atoms with Crippen LogP contribution < -0.4 is 5.73 Å². The summed E-state index contributed by atoms with van der Waals surface area (Å²) >= 11 is 0. The third kappa shape index (κ3) is 18.6. The average molecular weight is 197 g/mol. The van der Waals surface area contributed by atoms with E-state index in [4.69, 9.17) is 31.1 Å². The summed E-state index contributed by atoms with van der Waals surface area (Å²) in [4.78, 5) is 0. The Morgan fingerprint density at radius 3 is 2.00 bits per heavy atom. The van der Waals surface area contributed by atoms with Crippen LogP contribution in [0, 0.1) is 0 Å². The fraction of sp³-hybridized carbons (Fsp3) is 1.00. The molecule has 0 aromatic carbocycles. The molecule has 0 aliphatic heterocycles. The third-order valence-corrected chi connectivity index (χ3v) is 0.778. The first-order valence-electron chi connectivity index (χ1n) is 3.66. The predicted molar refractivity (Wildman–Crippen MR) is 45.4 cm³/mol. The van der Waals surface area contributed by atoms with Gasteiger partial charge in [-0.15, -0.1) is 0 Å². The van der Waals surface area contributed by atoms with Gasteiger partial charge >= 0.3 is 7.32 Å². The van der Waals surface area contributed by atoms with Crippen molar-refractivity contribution in [2.75, 3.05) is 26.4 Å². The van der Waals surface area contributed by atoms with Gasteiger partial charge in [0.2, 0.25) is 0 Å². The third-order valence-electron chi connectivity index (χ3n) is 0.778. The van der Waals surface area contributed by atoms with Gasteiger partial charge in [-0.3, -0.25) is 0 Å². The highest BCUT2D eigenvalue weighted by atomic mass is 16.6. The number of nitrogens with two attached hydrogens (primary N) is 1. The van der Waals surface area contributed by atoms with Gasteiger partial charge in [0.05, 0.1) is 25.9 Å². The number of hydrogen-bond acceptors (Lipinski definition) is 7. The first-order chi connectivity index (χ1) is 6.08. The Balaban J connectivity index is 0. The average Bonchev–Trinajstić information content (AvgIpc) is 2.14. The fourth-order valence-corrected chi connectivity index (χ4v) is 0.250. The Hall–Kier alpha value is -0.215. The molecule has 0 aliphatic carbocycles. The number of hydrogen-bond donors (Lipinski definition) is 6. The van der Waals surface area contributed by atoms with Crippen molar-refractivity contribution in [3.05, 3.63) is 0 Å². The Labute approximate surface area is 76.6 Å². The minimum absolute atomic E-state index is 0.0972. The molecule has 7 N–H and O–H groups in total. The monoisotopic (exact) mass is 197 g/mol. The predicted octanol–water partition coefficient (Wildman–Crippen LogP) is -3.74. The summed E-state index contributed by atoms with van der Waals surface area (Å²) in [5.41, 5.74) is 4.78. The first-order valence-corrected chi connectivity index (χ1v) is 3.66. The van der Waals surface area contributed by atoms with Crippen LogP contribution in [0.25, 0.3) is 0 Å². The Bertz CT molecular complexity index is 93.1. The number of rotatable bonds is 5. The maximum atomic E-state index is 8.51. The number of aliphatic hydroxyl groups excluding tert-OH is 3. The molecule has 0 aromatic rings. The van der Waals surface area contributed by atoms with Gasteiger partial charge in [-0.2, -0.15) is 0 Å². The van der Waals surface area contributed by atoms with Crippen molar-refractivity contribution in [1.82, 2.24) is 0 Å². The van der Waals surface area contributed by atoms with Gasteiger partial charge in [0.25, 0.3) is 0 Å². The van der Waals surface area contributed by atoms with Crippen LogP contribution in [0.15, 0.2) is 0 Å². The van der Waals surface area contributed by atoms with Crippen LogP contribution in [0.3, 0.4) is 0 Å². The van der Waals surface area contributed by atoms with Crippen molar-refractivity contribution < 1.29 is 30.0 Å². The summed E-state index contributed by atoms with van der Waals surface area (Å²) in [5, 5.41) is 40.5. The molecule has 0 saturated heterocycles. The molecule has 0 amide bonds. The lowest BCUT2D eigenvalue weighted by molar-refractivity contribution is 0.0362. The molecule has 0 saturated carbocycles. The second kappa shape index (κ2) is 11.8. The van der Waals surface area contributed by atoms with E-state index in [-0.39, 0.29) is 13.2 Å². The van der Waals surface area contributed by atoms with E-state index in [1.54, 1.807) is 0 Å². The molecule has 0 fully saturated rings. The summed E-state index contributed by atoms with van der Waals surface area (Å²) in [6, 6.07) is 0. The zero-order valence-corrected chi connectivity index (χ0v) is 7.20. The summed E-state index contributed by atoms with van der Waals surface area (Å²) in [7, 11) is -1.88. The molecule has 8 heteroatoms. The Kier molecular flexibility index (Phi) is 13.8. The van der Waals surface area contributed by atoms with E-state index in [0.717, 1.165) is 0 Å². The quantitative estimate of drug-likeness (QED) is 0.249. The molecule has 7 nitrogen and oxygen atoms in total. The maximum absolute atomic E-state index is 8.51. The Morgan fingerprint density at radius 2 is 1.77 bits per heavy atom. The van der Waals surface area contributed by atoms with Crippen LogP contribution in [0.4, 0.5) is 0 Å². The van der Waals surface area contributed by atoms with E-state index < -0.39 is 20.0 Å². The molecular formula is C5H16BNO6. The molecular weight excluding hydrogens is 181 g/mol. The van der Waals surface area contributed by atoms with Crippen molar-refractivity contribution in [3.63, 3.8) is 0 Å². The van der Waals surface area contributed by atoms with Crippen LogP contribution in [0.2, 0.25) is 0 Å². The minimum Gasteiger partial charge on any atom is -0.402 e. The molecule has 13 heavy (non-hydrogen) atoms. The first kappa shape index (κ1) is 15.3. The summed E-state index contributed by atoms with van der Waals surface area (Å²) in [6.45, 7) is -0.263. The molecule has 0 aromatic heterocycles. The van der Waals surface area contributed by atoms with Gasteiger partial charge in [0, 0.05) is 6.54 Å². The van der Waals surface area contributed by atoms with Crippen LogP contribution in [-0.2, 0) is 4.65 Å². The van der Waals surface area contributed by atoms with Crippen LogP contribution >= 0.6 is 0 Å². The zero-order valence-electron chi connectivity index (χ0n) is 7.20. The van der Waals surface area contributed by atoms with Crippen molar-refractivity contribution in [1.29, 1.82) is 0 Å². The molecule has 0 radical (unpaired) electrons. The normalized spacial score (nSPS) is 11.5. The van der Waals surface area contributed by atoms with Crippen molar-refractivity contribution in [2.24, 2.45) is 5.73 Å². The van der Waals surface area contributed by atoms with Crippen LogP contribution in [0.1, 0.15) is 0 Å². The topological polar surface area (TPSA) is 136 Å². The largest absolute Gasteiger partial charge is 0.633 e. The molecule has 1 unspecified atom stereocenters. The van der Waals surface area contributed by atoms with Crippen molar-refractivity contribution in [3.8, 4) is 0 Å². The second-order valence-corrected chi connectivity index (χ2v) is 2.01. The van der Waals surface area contributed by atoms with Crippen molar-refractivity contribution >= 4 is 7.32 Å². The lowest BCUT2D eigenvalue weighted by Gasteiger charge is -2.05. The van der Waals surface area contributed by atoms with Gasteiger partial charge in [0.1, 0.15) is 0 Å². The molecule has 0 heterocycles. The summed E-state index contributed by atoms with van der Waals surface area (Å²) in [6.07, 6.45) is -1.05.